The van der Waals surface area contributed by atoms with Crippen LogP contribution in [0.3, 0.4) is 0 Å². The van der Waals surface area contributed by atoms with Crippen LogP contribution in [-0.4, -0.2) is 20.1 Å². The van der Waals surface area contributed by atoms with E-state index in [1.54, 1.807) is 38.2 Å². The monoisotopic (exact) mass is 228 g/mol. The van der Waals surface area contributed by atoms with Crippen LogP contribution in [0.4, 0.5) is 0 Å². The number of aromatic nitrogens is 3. The molecular formula is C12H12N4O. The summed E-state index contributed by atoms with van der Waals surface area (Å²) in [5.41, 5.74) is 0.684. The van der Waals surface area contributed by atoms with Gasteiger partial charge in [0.15, 0.2) is 0 Å². The summed E-state index contributed by atoms with van der Waals surface area (Å²) in [5, 5.41) is 26.8. The van der Waals surface area contributed by atoms with Crippen molar-refractivity contribution in [1.82, 2.24) is 15.0 Å². The first-order chi connectivity index (χ1) is 8.05. The van der Waals surface area contributed by atoms with Gasteiger partial charge < -0.3 is 5.11 Å². The molecule has 5 heteroatoms. The van der Waals surface area contributed by atoms with Gasteiger partial charge in [0.1, 0.15) is 5.60 Å². The molecule has 1 aromatic carbocycles. The lowest BCUT2D eigenvalue weighted by Crippen LogP contribution is -2.26. The van der Waals surface area contributed by atoms with Gasteiger partial charge in [0.2, 0.25) is 0 Å². The average molecular weight is 228 g/mol. The molecule has 17 heavy (non-hydrogen) atoms. The third-order valence-corrected chi connectivity index (χ3v) is 2.79. The van der Waals surface area contributed by atoms with E-state index in [9.17, 15) is 5.11 Å². The molecule has 0 amide bonds. The maximum absolute atomic E-state index is 10.5. The third-order valence-electron chi connectivity index (χ3n) is 2.79. The van der Waals surface area contributed by atoms with Crippen LogP contribution in [0.5, 0.6) is 0 Å². The second-order valence-electron chi connectivity index (χ2n) is 4.00. The highest BCUT2D eigenvalue weighted by Gasteiger charge is 2.29. The van der Waals surface area contributed by atoms with Crippen molar-refractivity contribution in [2.45, 2.75) is 12.5 Å². The molecule has 1 N–H and O–H groups in total. The Kier molecular flexibility index (Phi) is 2.66. The van der Waals surface area contributed by atoms with Crippen LogP contribution < -0.4 is 0 Å². The molecule has 0 aliphatic rings. The molecule has 0 fully saturated rings. The van der Waals surface area contributed by atoms with Gasteiger partial charge in [-0.05, 0) is 24.6 Å². The molecule has 2 aromatic rings. The van der Waals surface area contributed by atoms with Crippen molar-refractivity contribution in [1.29, 1.82) is 5.26 Å². The highest BCUT2D eigenvalue weighted by atomic mass is 16.3. The largest absolute Gasteiger partial charge is 0.379 e. The number of aryl methyl sites for hydroxylation is 1. The summed E-state index contributed by atoms with van der Waals surface area (Å²) in [5.74, 6) is 0. The van der Waals surface area contributed by atoms with Gasteiger partial charge in [0, 0.05) is 7.05 Å². The van der Waals surface area contributed by atoms with Crippen molar-refractivity contribution in [3.8, 4) is 6.07 Å². The Bertz CT molecular complexity index is 563. The summed E-state index contributed by atoms with van der Waals surface area (Å²) in [4.78, 5) is 0. The molecule has 1 aromatic heterocycles. The molecule has 2 rings (SSSR count). The quantitative estimate of drug-likeness (QED) is 0.830. The Labute approximate surface area is 98.9 Å². The van der Waals surface area contributed by atoms with E-state index in [-0.39, 0.29) is 0 Å². The standard InChI is InChI=1S/C12H12N4O/c1-12(17,11-8-14-15-16(11)2)10-5-3-9(7-13)4-6-10/h3-6,8,17H,1-2H3. The summed E-state index contributed by atoms with van der Waals surface area (Å²) in [6, 6.07) is 8.84. The summed E-state index contributed by atoms with van der Waals surface area (Å²) in [6.07, 6.45) is 1.53. The predicted octanol–water partition coefficient (Wildman–Crippen LogP) is 0.943. The van der Waals surface area contributed by atoms with Gasteiger partial charge in [-0.3, -0.25) is 0 Å². The summed E-state index contributed by atoms with van der Waals surface area (Å²) < 4.78 is 1.53. The lowest BCUT2D eigenvalue weighted by molar-refractivity contribution is 0.0929. The second kappa shape index (κ2) is 4.00. The van der Waals surface area contributed by atoms with E-state index in [1.807, 2.05) is 6.07 Å². The molecule has 1 unspecified atom stereocenters. The van der Waals surface area contributed by atoms with Crippen molar-refractivity contribution in [2.24, 2.45) is 7.05 Å². The van der Waals surface area contributed by atoms with Gasteiger partial charge in [0.25, 0.3) is 0 Å². The summed E-state index contributed by atoms with van der Waals surface area (Å²) >= 11 is 0. The zero-order valence-corrected chi connectivity index (χ0v) is 9.62. The van der Waals surface area contributed by atoms with E-state index in [1.165, 1.54) is 10.9 Å². The Morgan fingerprint density at radius 2 is 2.00 bits per heavy atom. The lowest BCUT2D eigenvalue weighted by atomic mass is 9.92. The summed E-state index contributed by atoms with van der Waals surface area (Å²) in [7, 11) is 1.72. The smallest absolute Gasteiger partial charge is 0.130 e. The number of rotatable bonds is 2. The Morgan fingerprint density at radius 1 is 1.35 bits per heavy atom. The molecule has 1 heterocycles. The zero-order chi connectivity index (χ0) is 12.5. The highest BCUT2D eigenvalue weighted by molar-refractivity contribution is 5.36. The van der Waals surface area contributed by atoms with Gasteiger partial charge in [-0.15, -0.1) is 5.10 Å². The van der Waals surface area contributed by atoms with Gasteiger partial charge in [-0.25, -0.2) is 4.68 Å². The third kappa shape index (κ3) is 1.90. The maximum atomic E-state index is 10.5. The van der Waals surface area contributed by atoms with Crippen molar-refractivity contribution in [3.05, 3.63) is 47.3 Å². The van der Waals surface area contributed by atoms with Crippen molar-refractivity contribution in [2.75, 3.05) is 0 Å². The molecular weight excluding hydrogens is 216 g/mol. The first-order valence-electron chi connectivity index (χ1n) is 5.14. The van der Waals surface area contributed by atoms with E-state index in [2.05, 4.69) is 10.3 Å². The van der Waals surface area contributed by atoms with Gasteiger partial charge >= 0.3 is 0 Å². The van der Waals surface area contributed by atoms with Crippen LogP contribution in [0, 0.1) is 11.3 Å². The number of hydrogen-bond acceptors (Lipinski definition) is 4. The van der Waals surface area contributed by atoms with E-state index in [4.69, 9.17) is 5.26 Å². The van der Waals surface area contributed by atoms with Gasteiger partial charge in [0.05, 0.1) is 23.5 Å². The van der Waals surface area contributed by atoms with Gasteiger partial charge in [-0.1, -0.05) is 17.3 Å². The number of nitriles is 1. The van der Waals surface area contributed by atoms with Crippen LogP contribution in [0.1, 0.15) is 23.7 Å². The van der Waals surface area contributed by atoms with Crippen LogP contribution in [-0.2, 0) is 12.6 Å². The Morgan fingerprint density at radius 3 is 2.47 bits per heavy atom. The number of nitrogens with zero attached hydrogens (tertiary/aromatic N) is 4. The van der Waals surface area contributed by atoms with Gasteiger partial charge in [-0.2, -0.15) is 5.26 Å². The first-order valence-corrected chi connectivity index (χ1v) is 5.14. The molecule has 5 nitrogen and oxygen atoms in total. The fourth-order valence-electron chi connectivity index (χ4n) is 1.75. The molecule has 1 atom stereocenters. The molecule has 86 valence electrons. The van der Waals surface area contributed by atoms with Crippen molar-refractivity contribution >= 4 is 0 Å². The van der Waals surface area contributed by atoms with Crippen molar-refractivity contribution in [3.63, 3.8) is 0 Å². The number of benzene rings is 1. The van der Waals surface area contributed by atoms with E-state index in [0.29, 0.717) is 16.8 Å². The minimum absolute atomic E-state index is 0.563. The topological polar surface area (TPSA) is 74.7 Å². The van der Waals surface area contributed by atoms with E-state index < -0.39 is 5.60 Å². The summed E-state index contributed by atoms with van der Waals surface area (Å²) in [6.45, 7) is 1.67. The SMILES string of the molecule is Cn1nncc1C(C)(O)c1ccc(C#N)cc1. The molecule has 0 aliphatic heterocycles. The van der Waals surface area contributed by atoms with Crippen LogP contribution in [0.15, 0.2) is 30.5 Å². The zero-order valence-electron chi connectivity index (χ0n) is 9.62. The molecule has 0 bridgehead atoms. The Hall–Kier alpha value is -2.19. The van der Waals surface area contributed by atoms with E-state index >= 15 is 0 Å². The fourth-order valence-corrected chi connectivity index (χ4v) is 1.75. The number of aliphatic hydroxyl groups is 1. The molecule has 0 radical (unpaired) electrons. The number of hydrogen-bond donors (Lipinski definition) is 1. The Balaban J connectivity index is 2.45. The molecule has 0 saturated carbocycles. The fraction of sp³-hybridized carbons (Fsp3) is 0.250. The molecule has 0 saturated heterocycles. The minimum Gasteiger partial charge on any atom is -0.379 e. The highest BCUT2D eigenvalue weighted by Crippen LogP contribution is 2.27. The normalized spacial score (nSPS) is 14.0. The van der Waals surface area contributed by atoms with Crippen molar-refractivity contribution < 1.29 is 5.11 Å². The lowest BCUT2D eigenvalue weighted by Gasteiger charge is -2.23. The second-order valence-corrected chi connectivity index (χ2v) is 4.00. The average Bonchev–Trinajstić information content (AvgIpc) is 2.76. The van der Waals surface area contributed by atoms with Crippen LogP contribution in [0.25, 0.3) is 0 Å². The van der Waals surface area contributed by atoms with E-state index in [0.717, 1.165) is 0 Å². The van der Waals surface area contributed by atoms with Crippen LogP contribution >= 0.6 is 0 Å². The van der Waals surface area contributed by atoms with Crippen LogP contribution in [0.2, 0.25) is 0 Å². The molecule has 0 aliphatic carbocycles. The first kappa shape index (κ1) is 11.3. The minimum atomic E-state index is -1.17. The predicted molar refractivity (Wildman–Crippen MR) is 60.8 cm³/mol. The maximum Gasteiger partial charge on any atom is 0.130 e. The molecule has 0 spiro atoms.